The predicted octanol–water partition coefficient (Wildman–Crippen LogP) is 2.15. The number of hydrogen-bond donors (Lipinski definition) is 2. The van der Waals surface area contributed by atoms with E-state index in [0.717, 1.165) is 18.4 Å². The van der Waals surface area contributed by atoms with E-state index in [9.17, 15) is 4.79 Å². The van der Waals surface area contributed by atoms with Gasteiger partial charge in [0.25, 0.3) is 5.91 Å². The number of amides is 1. The number of benzene rings is 1. The summed E-state index contributed by atoms with van der Waals surface area (Å²) in [5, 5.41) is 5.52. The van der Waals surface area contributed by atoms with Crippen LogP contribution in [0.4, 0.5) is 0 Å². The van der Waals surface area contributed by atoms with Gasteiger partial charge in [-0.15, -0.1) is 0 Å². The van der Waals surface area contributed by atoms with Crippen LogP contribution in [-0.2, 0) is 4.79 Å². The molecule has 0 spiro atoms. The van der Waals surface area contributed by atoms with Crippen LogP contribution in [0.25, 0.3) is 0 Å². The zero-order chi connectivity index (χ0) is 14.7. The first-order valence-electron chi connectivity index (χ1n) is 8.44. The second-order valence-electron chi connectivity index (χ2n) is 6.79. The van der Waals surface area contributed by atoms with Gasteiger partial charge in [-0.3, -0.25) is 4.79 Å². The maximum Gasteiger partial charge on any atom is 0.283 e. The van der Waals surface area contributed by atoms with Crippen LogP contribution in [-0.4, -0.2) is 18.0 Å². The molecule has 114 valence electrons. The molecule has 1 aromatic rings. The van der Waals surface area contributed by atoms with Crippen molar-refractivity contribution in [1.82, 2.24) is 5.32 Å². The van der Waals surface area contributed by atoms with E-state index in [4.69, 9.17) is 0 Å². The summed E-state index contributed by atoms with van der Waals surface area (Å²) < 4.78 is 0. The van der Waals surface area contributed by atoms with Crippen molar-refractivity contribution in [2.75, 3.05) is 0 Å². The van der Waals surface area contributed by atoms with E-state index in [1.807, 2.05) is 18.2 Å². The molecule has 2 saturated carbocycles. The van der Waals surface area contributed by atoms with Crippen molar-refractivity contribution < 1.29 is 10.1 Å². The van der Waals surface area contributed by atoms with E-state index in [-0.39, 0.29) is 11.9 Å². The van der Waals surface area contributed by atoms with Crippen molar-refractivity contribution >= 4 is 5.91 Å². The average molecular weight is 287 g/mol. The van der Waals surface area contributed by atoms with Crippen molar-refractivity contribution in [2.24, 2.45) is 5.92 Å². The van der Waals surface area contributed by atoms with E-state index >= 15 is 0 Å². The fourth-order valence-electron chi connectivity index (χ4n) is 3.41. The van der Waals surface area contributed by atoms with E-state index in [0.29, 0.717) is 18.0 Å². The van der Waals surface area contributed by atoms with Crippen molar-refractivity contribution in [3.63, 3.8) is 0 Å². The van der Waals surface area contributed by atoms with Crippen LogP contribution in [0.1, 0.15) is 57.1 Å². The Balaban J connectivity index is 1.73. The lowest BCUT2D eigenvalue weighted by atomic mass is 9.85. The van der Waals surface area contributed by atoms with Crippen LogP contribution in [0.2, 0.25) is 0 Å². The molecule has 21 heavy (non-hydrogen) atoms. The van der Waals surface area contributed by atoms with Crippen LogP contribution in [0, 0.1) is 5.92 Å². The van der Waals surface area contributed by atoms with Crippen LogP contribution in [0.15, 0.2) is 30.3 Å². The summed E-state index contributed by atoms with van der Waals surface area (Å²) in [5.41, 5.74) is 1.13. The Morgan fingerprint density at radius 3 is 2.52 bits per heavy atom. The number of carbonyl (C=O) groups excluding carboxylic acids is 1. The summed E-state index contributed by atoms with van der Waals surface area (Å²) in [6.45, 7) is 2.33. The number of rotatable bonds is 5. The quantitative estimate of drug-likeness (QED) is 0.856. The average Bonchev–Trinajstić information content (AvgIpc) is 3.31. The molecule has 2 aliphatic carbocycles. The van der Waals surface area contributed by atoms with E-state index in [2.05, 4.69) is 29.7 Å². The van der Waals surface area contributed by atoms with Gasteiger partial charge in [0.1, 0.15) is 0 Å². The first-order valence-corrected chi connectivity index (χ1v) is 8.44. The molecule has 3 N–H and O–H groups in total. The Kier molecular flexibility index (Phi) is 4.59. The minimum Gasteiger partial charge on any atom is -0.348 e. The van der Waals surface area contributed by atoms with Gasteiger partial charge in [-0.05, 0) is 32.1 Å². The van der Waals surface area contributed by atoms with Crippen molar-refractivity contribution in [3.05, 3.63) is 35.9 Å². The second kappa shape index (κ2) is 6.61. The van der Waals surface area contributed by atoms with Crippen molar-refractivity contribution in [2.45, 2.75) is 63.6 Å². The molecule has 1 amide bonds. The molecule has 0 bridgehead atoms. The molecule has 0 aromatic heterocycles. The Bertz CT molecular complexity index is 469. The highest BCUT2D eigenvalue weighted by Crippen LogP contribution is 2.23. The van der Waals surface area contributed by atoms with Crippen molar-refractivity contribution in [3.8, 4) is 0 Å². The lowest BCUT2D eigenvalue weighted by Crippen LogP contribution is -2.94. The Labute approximate surface area is 127 Å². The van der Waals surface area contributed by atoms with Gasteiger partial charge < -0.3 is 10.6 Å². The van der Waals surface area contributed by atoms with Gasteiger partial charge in [0, 0.05) is 17.5 Å². The Morgan fingerprint density at radius 2 is 1.86 bits per heavy atom. The number of quaternary nitrogens is 1. The van der Waals surface area contributed by atoms with Gasteiger partial charge in [-0.2, -0.15) is 0 Å². The first-order chi connectivity index (χ1) is 10.2. The number of hydrogen-bond acceptors (Lipinski definition) is 1. The number of carbonyl (C=O) groups is 1. The SMILES string of the molecule is C[C@H]1CCCC[C@H]1[NH2+][C@H](C(=O)NC1CC1)c1ccccc1. The lowest BCUT2D eigenvalue weighted by molar-refractivity contribution is -0.723. The van der Waals surface area contributed by atoms with Crippen LogP contribution in [0.3, 0.4) is 0 Å². The predicted molar refractivity (Wildman–Crippen MR) is 83.7 cm³/mol. The summed E-state index contributed by atoms with van der Waals surface area (Å²) in [5.74, 6) is 0.903. The molecular weight excluding hydrogens is 260 g/mol. The van der Waals surface area contributed by atoms with Gasteiger partial charge in [0.05, 0.1) is 6.04 Å². The third-order valence-corrected chi connectivity index (χ3v) is 4.98. The number of nitrogens with two attached hydrogens (primary N) is 1. The third-order valence-electron chi connectivity index (χ3n) is 4.98. The van der Waals surface area contributed by atoms with E-state index in [1.54, 1.807) is 0 Å². The van der Waals surface area contributed by atoms with Crippen molar-refractivity contribution in [1.29, 1.82) is 0 Å². The fraction of sp³-hybridized carbons (Fsp3) is 0.611. The molecule has 2 fully saturated rings. The zero-order valence-corrected chi connectivity index (χ0v) is 12.9. The highest BCUT2D eigenvalue weighted by Gasteiger charge is 2.34. The molecule has 1 aromatic carbocycles. The molecular formula is C18H27N2O+. The molecule has 0 heterocycles. The third kappa shape index (κ3) is 3.85. The largest absolute Gasteiger partial charge is 0.348 e. The first kappa shape index (κ1) is 14.6. The second-order valence-corrected chi connectivity index (χ2v) is 6.79. The molecule has 2 aliphatic rings. The normalized spacial score (nSPS) is 27.1. The summed E-state index contributed by atoms with van der Waals surface area (Å²) >= 11 is 0. The Morgan fingerprint density at radius 1 is 1.14 bits per heavy atom. The summed E-state index contributed by atoms with van der Waals surface area (Å²) in [4.78, 5) is 12.6. The van der Waals surface area contributed by atoms with Crippen LogP contribution in [0.5, 0.6) is 0 Å². The summed E-state index contributed by atoms with van der Waals surface area (Å²) in [6, 6.07) is 11.2. The maximum atomic E-state index is 12.6. The van der Waals surface area contributed by atoms with E-state index < -0.39 is 0 Å². The molecule has 3 rings (SSSR count). The van der Waals surface area contributed by atoms with Gasteiger partial charge in [-0.25, -0.2) is 0 Å². The molecule has 0 saturated heterocycles. The molecule has 0 aliphatic heterocycles. The van der Waals surface area contributed by atoms with Crippen LogP contribution < -0.4 is 10.6 Å². The standard InChI is InChI=1S/C18H26N2O/c1-13-7-5-6-10-16(13)20-17(14-8-3-2-4-9-14)18(21)19-15-11-12-15/h2-4,8-9,13,15-17,20H,5-7,10-12H2,1H3,(H,19,21)/p+1/t13-,16+,17-/m0/s1. The van der Waals surface area contributed by atoms with Gasteiger partial charge in [-0.1, -0.05) is 43.7 Å². The smallest absolute Gasteiger partial charge is 0.283 e. The minimum atomic E-state index is -0.0858. The lowest BCUT2D eigenvalue weighted by Gasteiger charge is -2.30. The molecule has 0 radical (unpaired) electrons. The topological polar surface area (TPSA) is 45.7 Å². The molecule has 3 heteroatoms. The summed E-state index contributed by atoms with van der Waals surface area (Å²) in [6.07, 6.45) is 7.47. The van der Waals surface area contributed by atoms with Crippen LogP contribution >= 0.6 is 0 Å². The van der Waals surface area contributed by atoms with E-state index in [1.165, 1.54) is 25.7 Å². The minimum absolute atomic E-state index is 0.0858. The highest BCUT2D eigenvalue weighted by atomic mass is 16.2. The summed E-state index contributed by atoms with van der Waals surface area (Å²) in [7, 11) is 0. The number of nitrogens with one attached hydrogen (secondary N) is 1. The van der Waals surface area contributed by atoms with Gasteiger partial charge in [0.15, 0.2) is 6.04 Å². The highest BCUT2D eigenvalue weighted by molar-refractivity contribution is 5.82. The molecule has 3 nitrogen and oxygen atoms in total. The fourth-order valence-corrected chi connectivity index (χ4v) is 3.41. The molecule has 3 atom stereocenters. The maximum absolute atomic E-state index is 12.6. The molecule has 0 unspecified atom stereocenters. The zero-order valence-electron chi connectivity index (χ0n) is 12.9. The monoisotopic (exact) mass is 287 g/mol. The van der Waals surface area contributed by atoms with Gasteiger partial charge >= 0.3 is 0 Å². The van der Waals surface area contributed by atoms with Gasteiger partial charge in [0.2, 0.25) is 0 Å². The Hall–Kier alpha value is -1.35.